The first-order valence-corrected chi connectivity index (χ1v) is 10.6. The van der Waals surface area contributed by atoms with Crippen LogP contribution in [0.1, 0.15) is 35.5 Å². The molecule has 152 valence electrons. The van der Waals surface area contributed by atoms with Crippen molar-refractivity contribution in [1.82, 2.24) is 9.47 Å². The first-order chi connectivity index (χ1) is 14.6. The summed E-state index contributed by atoms with van der Waals surface area (Å²) in [5.74, 6) is 0.481. The van der Waals surface area contributed by atoms with Gasteiger partial charge in [0, 0.05) is 30.5 Å². The van der Waals surface area contributed by atoms with Crippen molar-refractivity contribution in [3.05, 3.63) is 108 Å². The number of carbonyl (C=O) groups is 1. The Morgan fingerprint density at radius 2 is 1.60 bits per heavy atom. The number of benzene rings is 3. The molecule has 0 aliphatic rings. The van der Waals surface area contributed by atoms with Gasteiger partial charge in [0.25, 0.3) is 5.91 Å². The van der Waals surface area contributed by atoms with E-state index in [-0.39, 0.29) is 5.91 Å². The third-order valence-corrected chi connectivity index (χ3v) is 5.36. The lowest BCUT2D eigenvalue weighted by Crippen LogP contribution is -2.34. The Labute approximate surface area is 178 Å². The van der Waals surface area contributed by atoms with Crippen LogP contribution in [0.3, 0.4) is 0 Å². The molecule has 1 aromatic heterocycles. The summed E-state index contributed by atoms with van der Waals surface area (Å²) in [5.41, 5.74) is 3.17. The quantitative estimate of drug-likeness (QED) is 0.377. The fourth-order valence-corrected chi connectivity index (χ4v) is 3.97. The Kier molecular flexibility index (Phi) is 5.99. The molecule has 0 atom stereocenters. The highest BCUT2D eigenvalue weighted by atomic mass is 16.2. The predicted molar refractivity (Wildman–Crippen MR) is 124 cm³/mol. The Morgan fingerprint density at radius 3 is 2.40 bits per heavy atom. The zero-order chi connectivity index (χ0) is 20.9. The van der Waals surface area contributed by atoms with Gasteiger partial charge in [0.15, 0.2) is 0 Å². The largest absolute Gasteiger partial charge is 0.345 e. The van der Waals surface area contributed by atoms with Gasteiger partial charge in [-0.05, 0) is 40.5 Å². The zero-order valence-electron chi connectivity index (χ0n) is 17.7. The first kappa shape index (κ1) is 20.0. The van der Waals surface area contributed by atoms with Gasteiger partial charge in [-0.1, -0.05) is 80.6 Å². The molecule has 0 spiro atoms. The van der Waals surface area contributed by atoms with Crippen LogP contribution in [0.25, 0.3) is 10.8 Å². The Hall–Kier alpha value is -3.33. The number of aromatic nitrogens is 1. The third-order valence-electron chi connectivity index (χ3n) is 5.36. The maximum atomic E-state index is 13.6. The van der Waals surface area contributed by atoms with E-state index in [2.05, 4.69) is 73.1 Å². The van der Waals surface area contributed by atoms with Crippen LogP contribution in [0.5, 0.6) is 0 Å². The molecule has 30 heavy (non-hydrogen) atoms. The lowest BCUT2D eigenvalue weighted by Gasteiger charge is -2.26. The van der Waals surface area contributed by atoms with E-state index in [1.807, 2.05) is 41.3 Å². The van der Waals surface area contributed by atoms with Gasteiger partial charge in [-0.25, -0.2) is 0 Å². The van der Waals surface area contributed by atoms with E-state index in [1.54, 1.807) is 0 Å². The minimum atomic E-state index is 0.0907. The maximum Gasteiger partial charge on any atom is 0.254 e. The van der Waals surface area contributed by atoms with E-state index < -0.39 is 0 Å². The van der Waals surface area contributed by atoms with Crippen molar-refractivity contribution in [2.75, 3.05) is 6.54 Å². The SMILES string of the molecule is CC(C)CN(Cc1cccn1Cc1ccccc1)C(=O)c1cccc2ccccc12. The van der Waals surface area contributed by atoms with Crippen molar-refractivity contribution in [2.24, 2.45) is 5.92 Å². The summed E-state index contributed by atoms with van der Waals surface area (Å²) >= 11 is 0. The maximum absolute atomic E-state index is 13.6. The normalized spacial score (nSPS) is 11.2. The first-order valence-electron chi connectivity index (χ1n) is 10.6. The van der Waals surface area contributed by atoms with Crippen LogP contribution in [-0.4, -0.2) is 21.9 Å². The molecule has 3 aromatic carbocycles. The Balaban J connectivity index is 1.63. The number of amides is 1. The number of fused-ring (bicyclic) bond motifs is 1. The minimum Gasteiger partial charge on any atom is -0.345 e. The van der Waals surface area contributed by atoms with Crippen molar-refractivity contribution in [3.63, 3.8) is 0 Å². The second-order valence-corrected chi connectivity index (χ2v) is 8.22. The van der Waals surface area contributed by atoms with Gasteiger partial charge in [0.2, 0.25) is 0 Å². The Bertz CT molecular complexity index is 1120. The number of carbonyl (C=O) groups excluding carboxylic acids is 1. The standard InChI is InChI=1S/C27H28N2O/c1-21(2)18-29(27(30)26-16-8-13-23-12-6-7-15-25(23)26)20-24-14-9-17-28(24)19-22-10-4-3-5-11-22/h3-17,21H,18-20H2,1-2H3. The monoisotopic (exact) mass is 396 g/mol. The summed E-state index contributed by atoms with van der Waals surface area (Å²) in [7, 11) is 0. The van der Waals surface area contributed by atoms with Gasteiger partial charge in [-0.2, -0.15) is 0 Å². The zero-order valence-corrected chi connectivity index (χ0v) is 17.7. The summed E-state index contributed by atoms with van der Waals surface area (Å²) in [6, 6.07) is 28.7. The minimum absolute atomic E-state index is 0.0907. The molecule has 4 rings (SSSR count). The highest BCUT2D eigenvalue weighted by molar-refractivity contribution is 6.07. The second kappa shape index (κ2) is 9.00. The number of nitrogens with zero attached hydrogens (tertiary/aromatic N) is 2. The summed E-state index contributed by atoms with van der Waals surface area (Å²) in [4.78, 5) is 15.6. The molecular formula is C27H28N2O. The topological polar surface area (TPSA) is 25.2 Å². The fraction of sp³-hybridized carbons (Fsp3) is 0.222. The van der Waals surface area contributed by atoms with Crippen LogP contribution in [-0.2, 0) is 13.1 Å². The van der Waals surface area contributed by atoms with E-state index >= 15 is 0 Å². The molecule has 3 nitrogen and oxygen atoms in total. The van der Waals surface area contributed by atoms with Gasteiger partial charge < -0.3 is 9.47 Å². The van der Waals surface area contributed by atoms with Crippen LogP contribution in [0, 0.1) is 5.92 Å². The predicted octanol–water partition coefficient (Wildman–Crippen LogP) is 5.99. The van der Waals surface area contributed by atoms with Crippen molar-refractivity contribution < 1.29 is 4.79 Å². The van der Waals surface area contributed by atoms with Gasteiger partial charge in [0.05, 0.1) is 6.54 Å². The molecule has 0 radical (unpaired) electrons. The lowest BCUT2D eigenvalue weighted by atomic mass is 10.0. The van der Waals surface area contributed by atoms with E-state index in [0.29, 0.717) is 12.5 Å². The van der Waals surface area contributed by atoms with Crippen molar-refractivity contribution >= 4 is 16.7 Å². The molecule has 0 unspecified atom stereocenters. The number of hydrogen-bond donors (Lipinski definition) is 0. The van der Waals surface area contributed by atoms with Crippen LogP contribution >= 0.6 is 0 Å². The van der Waals surface area contributed by atoms with E-state index in [0.717, 1.165) is 35.1 Å². The lowest BCUT2D eigenvalue weighted by molar-refractivity contribution is 0.0721. The fourth-order valence-electron chi connectivity index (χ4n) is 3.97. The number of hydrogen-bond acceptors (Lipinski definition) is 1. The van der Waals surface area contributed by atoms with Crippen molar-refractivity contribution in [2.45, 2.75) is 26.9 Å². The molecule has 1 heterocycles. The molecule has 4 aromatic rings. The summed E-state index contributed by atoms with van der Waals surface area (Å²) < 4.78 is 2.24. The van der Waals surface area contributed by atoms with E-state index in [9.17, 15) is 4.79 Å². The molecule has 0 saturated heterocycles. The van der Waals surface area contributed by atoms with E-state index in [4.69, 9.17) is 0 Å². The molecule has 0 saturated carbocycles. The van der Waals surface area contributed by atoms with Gasteiger partial charge in [-0.15, -0.1) is 0 Å². The molecule has 3 heteroatoms. The molecule has 0 bridgehead atoms. The van der Waals surface area contributed by atoms with Crippen LogP contribution in [0.4, 0.5) is 0 Å². The second-order valence-electron chi connectivity index (χ2n) is 8.22. The summed E-state index contributed by atoms with van der Waals surface area (Å²) in [6.45, 7) is 6.44. The third kappa shape index (κ3) is 4.46. The highest BCUT2D eigenvalue weighted by Gasteiger charge is 2.20. The van der Waals surface area contributed by atoms with Crippen LogP contribution in [0.15, 0.2) is 91.1 Å². The molecule has 0 N–H and O–H groups in total. The molecule has 0 fully saturated rings. The van der Waals surface area contributed by atoms with Crippen molar-refractivity contribution in [1.29, 1.82) is 0 Å². The van der Waals surface area contributed by atoms with E-state index in [1.165, 1.54) is 5.56 Å². The highest BCUT2D eigenvalue weighted by Crippen LogP contribution is 2.22. The average molecular weight is 397 g/mol. The molecule has 1 amide bonds. The van der Waals surface area contributed by atoms with Gasteiger partial charge in [-0.3, -0.25) is 4.79 Å². The molecule has 0 aliphatic heterocycles. The van der Waals surface area contributed by atoms with Gasteiger partial charge >= 0.3 is 0 Å². The van der Waals surface area contributed by atoms with Crippen LogP contribution < -0.4 is 0 Å². The molecular weight excluding hydrogens is 368 g/mol. The average Bonchev–Trinajstić information content (AvgIpc) is 3.19. The van der Waals surface area contributed by atoms with Crippen LogP contribution in [0.2, 0.25) is 0 Å². The Morgan fingerprint density at radius 1 is 0.867 bits per heavy atom. The smallest absolute Gasteiger partial charge is 0.254 e. The van der Waals surface area contributed by atoms with Gasteiger partial charge in [0.1, 0.15) is 0 Å². The van der Waals surface area contributed by atoms with Crippen molar-refractivity contribution in [3.8, 4) is 0 Å². The molecule has 0 aliphatic carbocycles. The summed E-state index contributed by atoms with van der Waals surface area (Å²) in [6.07, 6.45) is 2.10. The number of rotatable bonds is 7. The summed E-state index contributed by atoms with van der Waals surface area (Å²) in [5, 5.41) is 2.11.